The van der Waals surface area contributed by atoms with Crippen LogP contribution in [0.1, 0.15) is 16.7 Å². The molecule has 0 bridgehead atoms. The first-order chi connectivity index (χ1) is 11.7. The van der Waals surface area contributed by atoms with Crippen molar-refractivity contribution in [1.82, 2.24) is 15.5 Å². The molecule has 0 saturated heterocycles. The van der Waals surface area contributed by atoms with E-state index in [2.05, 4.69) is 89.1 Å². The van der Waals surface area contributed by atoms with E-state index in [1.807, 2.05) is 0 Å². The van der Waals surface area contributed by atoms with Crippen LogP contribution in [-0.4, -0.2) is 38.0 Å². The highest BCUT2D eigenvalue weighted by molar-refractivity contribution is 14.0. The smallest absolute Gasteiger partial charge is 0.191 e. The number of rotatable bonds is 7. The van der Waals surface area contributed by atoms with Crippen molar-refractivity contribution in [2.45, 2.75) is 20.0 Å². The molecular weight excluding hydrogens is 423 g/mol. The van der Waals surface area contributed by atoms with E-state index in [-0.39, 0.29) is 24.0 Å². The topological polar surface area (TPSA) is 39.7 Å². The van der Waals surface area contributed by atoms with Crippen LogP contribution in [0.25, 0.3) is 0 Å². The van der Waals surface area contributed by atoms with Gasteiger partial charge in [0, 0.05) is 33.2 Å². The Morgan fingerprint density at radius 2 is 1.72 bits per heavy atom. The summed E-state index contributed by atoms with van der Waals surface area (Å²) in [6, 6.07) is 19.0. The molecule has 0 fully saturated rings. The molecule has 2 aromatic rings. The summed E-state index contributed by atoms with van der Waals surface area (Å²) in [4.78, 5) is 6.58. The Kier molecular flexibility index (Phi) is 10.2. The van der Waals surface area contributed by atoms with Gasteiger partial charge in [-0.15, -0.1) is 24.0 Å². The van der Waals surface area contributed by atoms with Gasteiger partial charge in [0.2, 0.25) is 0 Å². The van der Waals surface area contributed by atoms with Gasteiger partial charge in [-0.3, -0.25) is 4.99 Å². The van der Waals surface area contributed by atoms with E-state index in [1.165, 1.54) is 16.7 Å². The Morgan fingerprint density at radius 3 is 2.40 bits per heavy atom. The molecule has 0 heterocycles. The monoisotopic (exact) mass is 452 g/mol. The Balaban J connectivity index is 0.00000312. The Hall–Kier alpha value is -1.60. The molecule has 0 aromatic heterocycles. The first kappa shape index (κ1) is 21.4. The lowest BCUT2D eigenvalue weighted by atomic mass is 10.1. The number of hydrogen-bond donors (Lipinski definition) is 2. The second kappa shape index (κ2) is 11.9. The van der Waals surface area contributed by atoms with E-state index in [9.17, 15) is 0 Å². The number of halogens is 1. The van der Waals surface area contributed by atoms with Crippen molar-refractivity contribution < 1.29 is 0 Å². The normalized spacial score (nSPS) is 11.1. The number of guanidine groups is 1. The molecule has 0 atom stereocenters. The predicted octanol–water partition coefficient (Wildman–Crippen LogP) is 3.41. The van der Waals surface area contributed by atoms with Crippen LogP contribution in [0.2, 0.25) is 0 Å². The van der Waals surface area contributed by atoms with E-state index in [0.29, 0.717) is 0 Å². The molecule has 136 valence electrons. The highest BCUT2D eigenvalue weighted by atomic mass is 127. The van der Waals surface area contributed by atoms with Crippen LogP contribution in [0.5, 0.6) is 0 Å². The quantitative estimate of drug-likeness (QED) is 0.384. The molecule has 2 rings (SSSR count). The fraction of sp³-hybridized carbons (Fsp3) is 0.350. The summed E-state index contributed by atoms with van der Waals surface area (Å²) in [5.41, 5.74) is 3.88. The molecule has 0 aliphatic rings. The van der Waals surface area contributed by atoms with Gasteiger partial charge in [0.05, 0.1) is 0 Å². The number of aliphatic imine (C=N–C) groups is 1. The van der Waals surface area contributed by atoms with Crippen molar-refractivity contribution in [2.24, 2.45) is 4.99 Å². The highest BCUT2D eigenvalue weighted by Gasteiger charge is 2.02. The Labute approximate surface area is 168 Å². The number of nitrogens with one attached hydrogen (secondary N) is 2. The van der Waals surface area contributed by atoms with Crippen LogP contribution in [0.3, 0.4) is 0 Å². The van der Waals surface area contributed by atoms with Crippen molar-refractivity contribution in [3.63, 3.8) is 0 Å². The average Bonchev–Trinajstić information content (AvgIpc) is 2.59. The van der Waals surface area contributed by atoms with E-state index >= 15 is 0 Å². The van der Waals surface area contributed by atoms with E-state index in [4.69, 9.17) is 0 Å². The van der Waals surface area contributed by atoms with Gasteiger partial charge in [-0.1, -0.05) is 60.2 Å². The first-order valence-electron chi connectivity index (χ1n) is 8.40. The zero-order valence-electron chi connectivity index (χ0n) is 15.3. The molecule has 0 saturated carbocycles. The van der Waals surface area contributed by atoms with Gasteiger partial charge in [0.25, 0.3) is 0 Å². The zero-order valence-corrected chi connectivity index (χ0v) is 17.7. The van der Waals surface area contributed by atoms with Gasteiger partial charge in [-0.05, 0) is 25.1 Å². The maximum Gasteiger partial charge on any atom is 0.191 e. The second-order valence-corrected chi connectivity index (χ2v) is 6.06. The zero-order chi connectivity index (χ0) is 17.2. The van der Waals surface area contributed by atoms with Gasteiger partial charge in [0.15, 0.2) is 5.96 Å². The molecule has 2 aromatic carbocycles. The lowest BCUT2D eigenvalue weighted by Crippen LogP contribution is -2.40. The van der Waals surface area contributed by atoms with Crippen LogP contribution in [0.4, 0.5) is 0 Å². The van der Waals surface area contributed by atoms with Crippen LogP contribution < -0.4 is 10.6 Å². The van der Waals surface area contributed by atoms with Crippen LogP contribution in [0.15, 0.2) is 59.6 Å². The number of benzene rings is 2. The number of aryl methyl sites for hydroxylation is 1. The third-order valence-corrected chi connectivity index (χ3v) is 3.85. The largest absolute Gasteiger partial charge is 0.355 e. The van der Waals surface area contributed by atoms with Crippen molar-refractivity contribution in [2.75, 3.05) is 27.2 Å². The Morgan fingerprint density at radius 1 is 1.00 bits per heavy atom. The van der Waals surface area contributed by atoms with Gasteiger partial charge in [-0.25, -0.2) is 0 Å². The SMILES string of the molecule is CN=C(NCCN(C)Cc1ccccc1)NCc1cccc(C)c1.I. The molecule has 5 heteroatoms. The predicted molar refractivity (Wildman–Crippen MR) is 118 cm³/mol. The molecule has 2 N–H and O–H groups in total. The molecule has 0 radical (unpaired) electrons. The van der Waals surface area contributed by atoms with Crippen LogP contribution in [-0.2, 0) is 13.1 Å². The van der Waals surface area contributed by atoms with Crippen molar-refractivity contribution in [1.29, 1.82) is 0 Å². The summed E-state index contributed by atoms with van der Waals surface area (Å²) >= 11 is 0. The fourth-order valence-electron chi connectivity index (χ4n) is 2.57. The minimum absolute atomic E-state index is 0. The molecule has 0 aliphatic heterocycles. The number of likely N-dealkylation sites (N-methyl/N-ethyl adjacent to an activating group) is 1. The third-order valence-electron chi connectivity index (χ3n) is 3.85. The molecule has 0 spiro atoms. The first-order valence-corrected chi connectivity index (χ1v) is 8.40. The summed E-state index contributed by atoms with van der Waals surface area (Å²) < 4.78 is 0. The van der Waals surface area contributed by atoms with Crippen molar-refractivity contribution in [3.05, 3.63) is 71.3 Å². The summed E-state index contributed by atoms with van der Waals surface area (Å²) in [5.74, 6) is 0.838. The van der Waals surface area contributed by atoms with Gasteiger partial charge >= 0.3 is 0 Å². The summed E-state index contributed by atoms with van der Waals surface area (Å²) in [5, 5.41) is 6.72. The standard InChI is InChI=1S/C20H28N4.HI/c1-17-8-7-11-19(14-17)15-23-20(21-2)22-12-13-24(3)16-18-9-5-4-6-10-18;/h4-11,14H,12-13,15-16H2,1-3H3,(H2,21,22,23);1H. The maximum atomic E-state index is 4.28. The van der Waals surface area contributed by atoms with Crippen molar-refractivity contribution in [3.8, 4) is 0 Å². The average molecular weight is 452 g/mol. The van der Waals surface area contributed by atoms with Crippen molar-refractivity contribution >= 4 is 29.9 Å². The minimum Gasteiger partial charge on any atom is -0.355 e. The van der Waals surface area contributed by atoms with Gasteiger partial charge in [0.1, 0.15) is 0 Å². The molecule has 0 unspecified atom stereocenters. The van der Waals surface area contributed by atoms with E-state index in [0.717, 1.165) is 32.1 Å². The van der Waals surface area contributed by atoms with E-state index < -0.39 is 0 Å². The molecular formula is C20H29IN4. The Bertz CT molecular complexity index is 643. The van der Waals surface area contributed by atoms with E-state index in [1.54, 1.807) is 7.05 Å². The highest BCUT2D eigenvalue weighted by Crippen LogP contribution is 2.03. The lowest BCUT2D eigenvalue weighted by Gasteiger charge is -2.18. The maximum absolute atomic E-state index is 4.28. The summed E-state index contributed by atoms with van der Waals surface area (Å²) in [6.45, 7) is 5.66. The van der Waals surface area contributed by atoms with Gasteiger partial charge in [-0.2, -0.15) is 0 Å². The minimum atomic E-state index is 0. The molecule has 25 heavy (non-hydrogen) atoms. The number of hydrogen-bond acceptors (Lipinski definition) is 2. The molecule has 0 aliphatic carbocycles. The third kappa shape index (κ3) is 8.36. The fourth-order valence-corrected chi connectivity index (χ4v) is 2.57. The van der Waals surface area contributed by atoms with Gasteiger partial charge < -0.3 is 15.5 Å². The summed E-state index contributed by atoms with van der Waals surface area (Å²) in [6.07, 6.45) is 0. The molecule has 0 amide bonds. The van der Waals surface area contributed by atoms with Crippen LogP contribution >= 0.6 is 24.0 Å². The molecule has 4 nitrogen and oxygen atoms in total. The second-order valence-electron chi connectivity index (χ2n) is 6.06. The summed E-state index contributed by atoms with van der Waals surface area (Å²) in [7, 11) is 3.94. The number of nitrogens with zero attached hydrogens (tertiary/aromatic N) is 2. The van der Waals surface area contributed by atoms with Crippen LogP contribution in [0, 0.1) is 6.92 Å². The lowest BCUT2D eigenvalue weighted by molar-refractivity contribution is 0.331.